The molecule has 0 atom stereocenters. The molecule has 94 valence electrons. The fraction of sp³-hybridized carbons (Fsp3) is 0.273. The first-order chi connectivity index (χ1) is 7.95. The normalized spacial score (nSPS) is 10.7. The topological polar surface area (TPSA) is 9.23 Å². The van der Waals surface area contributed by atoms with Gasteiger partial charge in [0, 0.05) is 0 Å². The maximum absolute atomic E-state index is 12.8. The Morgan fingerprint density at radius 2 is 1.94 bits per heavy atom. The molecule has 0 saturated carbocycles. The molecule has 1 aromatic rings. The van der Waals surface area contributed by atoms with Crippen LogP contribution in [0.15, 0.2) is 30.9 Å². The number of halogens is 4. The van der Waals surface area contributed by atoms with Crippen LogP contribution in [0.5, 0.6) is 5.75 Å². The van der Waals surface area contributed by atoms with Crippen LogP contribution < -0.4 is 61.6 Å². The third-order valence-corrected chi connectivity index (χ3v) is 2.13. The Morgan fingerprint density at radius 3 is 2.50 bits per heavy atom. The Bertz CT molecular complexity index is 395. The van der Waals surface area contributed by atoms with Gasteiger partial charge in [0.05, 0.1) is 12.4 Å². The van der Waals surface area contributed by atoms with E-state index in [-0.39, 0.29) is 63.7 Å². The Labute approximate surface area is 146 Å². The van der Waals surface area contributed by atoms with Crippen LogP contribution in [-0.2, 0) is 0 Å². The molecule has 0 heterocycles. The van der Waals surface area contributed by atoms with Crippen molar-refractivity contribution >= 4 is 12.4 Å². The van der Waals surface area contributed by atoms with E-state index in [4.69, 9.17) is 4.74 Å². The molecule has 0 aliphatic heterocycles. The summed E-state index contributed by atoms with van der Waals surface area (Å²) in [6, 6.07) is 2.42. The third-order valence-electron chi connectivity index (χ3n) is 2.13. The van der Waals surface area contributed by atoms with Crippen molar-refractivity contribution in [3.05, 3.63) is 36.7 Å². The van der Waals surface area contributed by atoms with Gasteiger partial charge in [-0.1, -0.05) is 11.5 Å². The van der Waals surface area contributed by atoms with Crippen LogP contribution in [0.2, 0.25) is 0 Å². The summed E-state index contributed by atoms with van der Waals surface area (Å²) in [6.07, 6.45) is 2.89. The van der Waals surface area contributed by atoms with Gasteiger partial charge in [-0.25, -0.2) is 4.39 Å². The minimum atomic E-state index is -5.27. The molecule has 0 aliphatic rings. The number of allylic oxidation sites excluding steroid dienone is 1. The quantitative estimate of drug-likeness (QED) is 0.315. The number of rotatable bonds is 6. The molecule has 1 nitrogen and oxygen atoms in total. The van der Waals surface area contributed by atoms with Crippen molar-refractivity contribution in [1.82, 2.24) is 0 Å². The van der Waals surface area contributed by atoms with Crippen molar-refractivity contribution in [3.63, 3.8) is 0 Å². The zero-order chi connectivity index (χ0) is 12.9. The van der Waals surface area contributed by atoms with Gasteiger partial charge < -0.3 is 17.7 Å². The molecule has 0 N–H and O–H groups in total. The van der Waals surface area contributed by atoms with E-state index < -0.39 is 18.3 Å². The van der Waals surface area contributed by atoms with Crippen LogP contribution in [0.3, 0.4) is 0 Å². The van der Waals surface area contributed by atoms with E-state index in [0.29, 0.717) is 18.9 Å². The Kier molecular flexibility index (Phi) is 8.46. The minimum absolute atomic E-state index is 0. The summed E-state index contributed by atoms with van der Waals surface area (Å²) in [6.45, 7) is -1.63. The number of hydrogen-bond acceptors (Lipinski definition) is 1. The smallest absolute Gasteiger partial charge is 0.497 e. The van der Waals surface area contributed by atoms with Crippen molar-refractivity contribution < 1.29 is 73.5 Å². The first-order valence-electron chi connectivity index (χ1n) is 5.18. The number of hydrogen-bond donors (Lipinski definition) is 0. The zero-order valence-corrected chi connectivity index (χ0v) is 13.3. The Hall–Kier alpha value is 0.181. The Morgan fingerprint density at radius 1 is 1.28 bits per heavy atom. The summed E-state index contributed by atoms with van der Waals surface area (Å²) < 4.78 is 55.6. The van der Waals surface area contributed by atoms with Gasteiger partial charge in [-0.15, -0.1) is 6.58 Å². The summed E-state index contributed by atoms with van der Waals surface area (Å²) in [7, 11) is 0. The second-order valence-electron chi connectivity index (χ2n) is 3.54. The minimum Gasteiger partial charge on any atom is -0.497 e. The molecule has 7 heteroatoms. The first kappa shape index (κ1) is 18.2. The van der Waals surface area contributed by atoms with Crippen molar-refractivity contribution in [2.24, 2.45) is 0 Å². The molecule has 0 fully saturated rings. The first-order valence-corrected chi connectivity index (χ1v) is 5.18. The van der Waals surface area contributed by atoms with Crippen LogP contribution in [0, 0.1) is 5.82 Å². The second kappa shape index (κ2) is 8.37. The average Bonchev–Trinajstić information content (AvgIpc) is 2.25. The van der Waals surface area contributed by atoms with Crippen LogP contribution in [-0.4, -0.2) is 13.6 Å². The van der Waals surface area contributed by atoms with Crippen LogP contribution in [0.25, 0.3) is 0 Å². The summed E-state index contributed by atoms with van der Waals surface area (Å²) in [4.78, 5) is 0. The predicted octanol–water partition coefficient (Wildman–Crippen LogP) is 0.229. The van der Waals surface area contributed by atoms with Crippen LogP contribution in [0.4, 0.5) is 17.3 Å². The van der Waals surface area contributed by atoms with E-state index in [0.717, 1.165) is 12.1 Å². The molecule has 0 saturated heterocycles. The maximum Gasteiger partial charge on any atom is 1.00 e. The molecule has 0 aliphatic carbocycles. The summed E-state index contributed by atoms with van der Waals surface area (Å²) in [5.74, 6) is -1.24. The molecule has 0 spiro atoms. The number of benzene rings is 1. The van der Waals surface area contributed by atoms with Gasteiger partial charge in [-0.2, -0.15) is 0 Å². The molecule has 0 amide bonds. The average molecular weight is 286 g/mol. The van der Waals surface area contributed by atoms with Gasteiger partial charge in [-0.3, -0.25) is 0 Å². The van der Waals surface area contributed by atoms with Gasteiger partial charge in [0.25, 0.3) is 0 Å². The van der Waals surface area contributed by atoms with E-state index in [1.54, 1.807) is 6.08 Å². The van der Waals surface area contributed by atoms with Crippen LogP contribution in [0.1, 0.15) is 12.8 Å². The summed E-state index contributed by atoms with van der Waals surface area (Å²) in [5.41, 5.74) is -1.02. The van der Waals surface area contributed by atoms with Gasteiger partial charge in [0.15, 0.2) is 0 Å². The number of unbranched alkanes of at least 4 members (excludes halogenated alkanes) is 1. The summed E-state index contributed by atoms with van der Waals surface area (Å²) in [5, 5.41) is 0. The van der Waals surface area contributed by atoms with Crippen molar-refractivity contribution in [3.8, 4) is 5.75 Å². The molecular weight excluding hydrogens is 274 g/mol. The number of ether oxygens (including phenoxy) is 1. The van der Waals surface area contributed by atoms with Crippen molar-refractivity contribution in [1.29, 1.82) is 0 Å². The third kappa shape index (κ3) is 5.88. The monoisotopic (exact) mass is 286 g/mol. The maximum atomic E-state index is 12.8. The molecular formula is C11H12BF4KO. The Balaban J connectivity index is 0.00000289. The SMILES string of the molecule is C=CCCCOc1ccc(F)cc1[B-](F)(F)F.[K+]. The second-order valence-corrected chi connectivity index (χ2v) is 3.54. The van der Waals surface area contributed by atoms with Crippen LogP contribution >= 0.6 is 0 Å². The molecule has 0 bridgehead atoms. The molecule has 0 unspecified atom stereocenters. The molecule has 0 aromatic heterocycles. The van der Waals surface area contributed by atoms with E-state index in [9.17, 15) is 17.3 Å². The van der Waals surface area contributed by atoms with Crippen molar-refractivity contribution in [2.45, 2.75) is 12.8 Å². The molecule has 1 rings (SSSR count). The molecule has 1 aromatic carbocycles. The fourth-order valence-electron chi connectivity index (χ4n) is 1.32. The van der Waals surface area contributed by atoms with Gasteiger partial charge in [0.2, 0.25) is 0 Å². The predicted molar refractivity (Wildman–Crippen MR) is 60.0 cm³/mol. The van der Waals surface area contributed by atoms with Gasteiger partial charge in [-0.05, 0) is 31.0 Å². The van der Waals surface area contributed by atoms with Crippen molar-refractivity contribution in [2.75, 3.05) is 6.61 Å². The van der Waals surface area contributed by atoms with E-state index >= 15 is 0 Å². The van der Waals surface area contributed by atoms with E-state index in [2.05, 4.69) is 6.58 Å². The standard InChI is InChI=1S/C11H12BF4O.K/c1-2-3-4-7-17-11-6-5-9(13)8-10(11)12(14,15)16;/h2,5-6,8H,1,3-4,7H2;/q-1;+1. The van der Waals surface area contributed by atoms with E-state index in [1.807, 2.05) is 0 Å². The van der Waals surface area contributed by atoms with E-state index in [1.165, 1.54) is 0 Å². The molecule has 18 heavy (non-hydrogen) atoms. The molecule has 0 radical (unpaired) electrons. The summed E-state index contributed by atoms with van der Waals surface area (Å²) >= 11 is 0. The van der Waals surface area contributed by atoms with Gasteiger partial charge in [0.1, 0.15) is 5.82 Å². The van der Waals surface area contributed by atoms with Gasteiger partial charge >= 0.3 is 58.4 Å². The largest absolute Gasteiger partial charge is 1.00 e. The fourth-order valence-corrected chi connectivity index (χ4v) is 1.32. The zero-order valence-electron chi connectivity index (χ0n) is 10.1.